The Hall–Kier alpha value is -1.26. The topological polar surface area (TPSA) is 72.5 Å². The summed E-state index contributed by atoms with van der Waals surface area (Å²) in [6, 6.07) is 1.42. The lowest BCUT2D eigenvalue weighted by Crippen LogP contribution is -2.15. The Kier molecular flexibility index (Phi) is 3.55. The molecule has 0 saturated carbocycles. The van der Waals surface area contributed by atoms with Crippen LogP contribution in [-0.2, 0) is 0 Å². The molecule has 0 bridgehead atoms. The van der Waals surface area contributed by atoms with Gasteiger partial charge in [0.05, 0.1) is 18.7 Å². The van der Waals surface area contributed by atoms with Crippen LogP contribution in [0.5, 0.6) is 11.5 Å². The predicted octanol–water partition coefficient (Wildman–Crippen LogP) is 1.50. The van der Waals surface area contributed by atoms with Gasteiger partial charge in [0.25, 0.3) is 0 Å². The van der Waals surface area contributed by atoms with Gasteiger partial charge in [0.1, 0.15) is 0 Å². The van der Waals surface area contributed by atoms with Crippen molar-refractivity contribution in [1.82, 2.24) is 0 Å². The number of phenolic OH excluding ortho intramolecular Hbond substituents is 1. The molecule has 1 aromatic rings. The second-order valence-corrected chi connectivity index (χ2v) is 3.44. The number of Topliss-reactive ketones (excluding diaryl/α,β-unsaturated/α-hetero) is 1. The SMILES string of the molecule is COc1c(O)cc(C)c(C(=O)CN)c1Cl. The quantitative estimate of drug-likeness (QED) is 0.771. The maximum atomic E-state index is 11.5. The van der Waals surface area contributed by atoms with E-state index in [-0.39, 0.29) is 28.8 Å². The standard InChI is InChI=1S/C10H12ClNO3/c1-5-3-6(13)10(15-2)9(11)8(5)7(14)4-12/h3,13H,4,12H2,1-2H3. The van der Waals surface area contributed by atoms with E-state index in [1.807, 2.05) is 0 Å². The van der Waals surface area contributed by atoms with Gasteiger partial charge in [-0.25, -0.2) is 0 Å². The fourth-order valence-electron chi connectivity index (χ4n) is 1.38. The fraction of sp³-hybridized carbons (Fsp3) is 0.300. The number of ketones is 1. The second-order valence-electron chi connectivity index (χ2n) is 3.06. The Labute approximate surface area is 92.6 Å². The van der Waals surface area contributed by atoms with Gasteiger partial charge in [-0.05, 0) is 18.6 Å². The van der Waals surface area contributed by atoms with Gasteiger partial charge in [0.2, 0.25) is 0 Å². The second kappa shape index (κ2) is 4.51. The molecule has 0 aliphatic carbocycles. The van der Waals surface area contributed by atoms with E-state index in [0.29, 0.717) is 11.1 Å². The summed E-state index contributed by atoms with van der Waals surface area (Å²) in [7, 11) is 1.37. The molecule has 0 aromatic heterocycles. The number of rotatable bonds is 3. The summed E-state index contributed by atoms with van der Waals surface area (Å²) < 4.78 is 4.89. The number of hydrogen-bond acceptors (Lipinski definition) is 4. The van der Waals surface area contributed by atoms with Crippen molar-refractivity contribution in [2.75, 3.05) is 13.7 Å². The zero-order chi connectivity index (χ0) is 11.6. The van der Waals surface area contributed by atoms with Crippen LogP contribution in [0.1, 0.15) is 15.9 Å². The summed E-state index contributed by atoms with van der Waals surface area (Å²) in [5.41, 5.74) is 6.14. The number of carbonyl (C=O) groups is 1. The lowest BCUT2D eigenvalue weighted by Gasteiger charge is -2.12. The van der Waals surface area contributed by atoms with Crippen LogP contribution in [0.4, 0.5) is 0 Å². The van der Waals surface area contributed by atoms with Crippen molar-refractivity contribution < 1.29 is 14.6 Å². The minimum Gasteiger partial charge on any atom is -0.504 e. The molecule has 0 radical (unpaired) electrons. The molecular formula is C10H12ClNO3. The third-order valence-corrected chi connectivity index (χ3v) is 2.43. The minimum absolute atomic E-state index is 0.0893. The molecule has 0 atom stereocenters. The highest BCUT2D eigenvalue weighted by Gasteiger charge is 2.19. The summed E-state index contributed by atoms with van der Waals surface area (Å²) in [6.45, 7) is 1.54. The van der Waals surface area contributed by atoms with E-state index in [4.69, 9.17) is 22.1 Å². The number of aryl methyl sites for hydroxylation is 1. The third-order valence-electron chi connectivity index (χ3n) is 2.07. The van der Waals surface area contributed by atoms with Gasteiger partial charge < -0.3 is 15.6 Å². The van der Waals surface area contributed by atoms with Crippen LogP contribution in [-0.4, -0.2) is 24.5 Å². The van der Waals surface area contributed by atoms with Crippen LogP contribution in [0.15, 0.2) is 6.07 Å². The Morgan fingerprint density at radius 2 is 2.27 bits per heavy atom. The molecule has 0 saturated heterocycles. The average molecular weight is 230 g/mol. The number of nitrogens with two attached hydrogens (primary N) is 1. The molecule has 0 spiro atoms. The maximum Gasteiger partial charge on any atom is 0.179 e. The number of halogens is 1. The number of hydrogen-bond donors (Lipinski definition) is 2. The van der Waals surface area contributed by atoms with Gasteiger partial charge >= 0.3 is 0 Å². The van der Waals surface area contributed by atoms with Crippen molar-refractivity contribution in [2.24, 2.45) is 5.73 Å². The molecule has 0 heterocycles. The first-order chi connectivity index (χ1) is 7.02. The van der Waals surface area contributed by atoms with E-state index >= 15 is 0 Å². The number of phenols is 1. The maximum absolute atomic E-state index is 11.5. The highest BCUT2D eigenvalue weighted by molar-refractivity contribution is 6.36. The summed E-state index contributed by atoms with van der Waals surface area (Å²) in [5, 5.41) is 9.60. The van der Waals surface area contributed by atoms with Gasteiger partial charge in [-0.3, -0.25) is 4.79 Å². The molecule has 0 aliphatic heterocycles. The average Bonchev–Trinajstić information content (AvgIpc) is 2.17. The van der Waals surface area contributed by atoms with Gasteiger partial charge in [-0.2, -0.15) is 0 Å². The van der Waals surface area contributed by atoms with Gasteiger partial charge in [-0.1, -0.05) is 11.6 Å². The molecule has 3 N–H and O–H groups in total. The zero-order valence-corrected chi connectivity index (χ0v) is 9.26. The normalized spacial score (nSPS) is 10.1. The van der Waals surface area contributed by atoms with Crippen LogP contribution >= 0.6 is 11.6 Å². The Balaban J connectivity index is 3.45. The van der Waals surface area contributed by atoms with Crippen LogP contribution in [0, 0.1) is 6.92 Å². The first-order valence-corrected chi connectivity index (χ1v) is 4.70. The number of methoxy groups -OCH3 is 1. The van der Waals surface area contributed by atoms with Crippen molar-refractivity contribution in [1.29, 1.82) is 0 Å². The van der Waals surface area contributed by atoms with Crippen molar-refractivity contribution in [3.05, 3.63) is 22.2 Å². The Morgan fingerprint density at radius 3 is 2.73 bits per heavy atom. The van der Waals surface area contributed by atoms with E-state index in [0.717, 1.165) is 0 Å². The van der Waals surface area contributed by atoms with Crippen LogP contribution in [0.2, 0.25) is 5.02 Å². The Bertz CT molecular complexity index is 404. The van der Waals surface area contributed by atoms with Gasteiger partial charge in [0, 0.05) is 5.56 Å². The molecule has 0 aliphatic rings. The van der Waals surface area contributed by atoms with Gasteiger partial charge in [-0.15, -0.1) is 0 Å². The largest absolute Gasteiger partial charge is 0.504 e. The van der Waals surface area contributed by atoms with E-state index in [9.17, 15) is 9.90 Å². The molecule has 82 valence electrons. The van der Waals surface area contributed by atoms with E-state index in [1.165, 1.54) is 13.2 Å². The number of benzene rings is 1. The molecule has 0 fully saturated rings. The molecule has 0 amide bonds. The van der Waals surface area contributed by atoms with Crippen molar-refractivity contribution in [2.45, 2.75) is 6.92 Å². The summed E-state index contributed by atoms with van der Waals surface area (Å²) in [5.74, 6) is -0.275. The first-order valence-electron chi connectivity index (χ1n) is 4.32. The monoisotopic (exact) mass is 229 g/mol. The summed E-state index contributed by atoms with van der Waals surface area (Å²) in [6.07, 6.45) is 0. The summed E-state index contributed by atoms with van der Waals surface area (Å²) in [4.78, 5) is 11.5. The zero-order valence-electron chi connectivity index (χ0n) is 8.50. The smallest absolute Gasteiger partial charge is 0.179 e. The molecule has 15 heavy (non-hydrogen) atoms. The highest BCUT2D eigenvalue weighted by Crippen LogP contribution is 2.38. The van der Waals surface area contributed by atoms with Crippen molar-refractivity contribution in [3.8, 4) is 11.5 Å². The van der Waals surface area contributed by atoms with Crippen LogP contribution in [0.3, 0.4) is 0 Å². The van der Waals surface area contributed by atoms with Crippen molar-refractivity contribution >= 4 is 17.4 Å². The molecule has 1 aromatic carbocycles. The Morgan fingerprint density at radius 1 is 1.67 bits per heavy atom. The van der Waals surface area contributed by atoms with Crippen molar-refractivity contribution in [3.63, 3.8) is 0 Å². The van der Waals surface area contributed by atoms with Crippen LogP contribution in [0.25, 0.3) is 0 Å². The number of ether oxygens (including phenoxy) is 1. The molecule has 0 unspecified atom stereocenters. The fourth-order valence-corrected chi connectivity index (χ4v) is 1.81. The lowest BCUT2D eigenvalue weighted by atomic mass is 10.0. The summed E-state index contributed by atoms with van der Waals surface area (Å²) >= 11 is 5.93. The lowest BCUT2D eigenvalue weighted by molar-refractivity contribution is 0.100. The molecule has 5 heteroatoms. The number of carbonyl (C=O) groups excluding carboxylic acids is 1. The molecule has 1 rings (SSSR count). The first kappa shape index (κ1) is 11.8. The minimum atomic E-state index is -0.282. The third kappa shape index (κ3) is 2.06. The van der Waals surface area contributed by atoms with Gasteiger partial charge in [0.15, 0.2) is 17.3 Å². The van der Waals surface area contributed by atoms with Crippen LogP contribution < -0.4 is 10.5 Å². The molecule has 4 nitrogen and oxygen atoms in total. The van der Waals surface area contributed by atoms with E-state index < -0.39 is 0 Å². The van der Waals surface area contributed by atoms with E-state index in [1.54, 1.807) is 6.92 Å². The van der Waals surface area contributed by atoms with E-state index in [2.05, 4.69) is 0 Å². The number of aromatic hydroxyl groups is 1. The molecular weight excluding hydrogens is 218 g/mol. The predicted molar refractivity (Wildman–Crippen MR) is 57.8 cm³/mol. The highest BCUT2D eigenvalue weighted by atomic mass is 35.5.